The summed E-state index contributed by atoms with van der Waals surface area (Å²) in [7, 11) is 0. The molecule has 30 heavy (non-hydrogen) atoms. The lowest BCUT2D eigenvalue weighted by atomic mass is 10.1. The molecule has 1 heterocycles. The van der Waals surface area contributed by atoms with Crippen LogP contribution < -0.4 is 10.2 Å². The van der Waals surface area contributed by atoms with Gasteiger partial charge >= 0.3 is 11.7 Å². The summed E-state index contributed by atoms with van der Waals surface area (Å²) in [4.78, 5) is 25.3. The molecule has 2 aromatic carbocycles. The van der Waals surface area contributed by atoms with Gasteiger partial charge in [-0.05, 0) is 47.5 Å². The molecule has 9 nitrogen and oxygen atoms in total. The molecule has 152 valence electrons. The molecule has 0 atom stereocenters. The number of carboxylic acid groups (broad SMARTS) is 1. The maximum absolute atomic E-state index is 11.0. The molecular formula is C20H15ClN4O5. The highest BCUT2D eigenvalue weighted by atomic mass is 35.5. The van der Waals surface area contributed by atoms with Crippen molar-refractivity contribution in [2.45, 2.75) is 6.61 Å². The van der Waals surface area contributed by atoms with Crippen LogP contribution in [0, 0.1) is 10.1 Å². The highest BCUT2D eigenvalue weighted by molar-refractivity contribution is 6.32. The average molecular weight is 427 g/mol. The second-order valence-corrected chi connectivity index (χ2v) is 6.39. The summed E-state index contributed by atoms with van der Waals surface area (Å²) >= 11 is 6.24. The van der Waals surface area contributed by atoms with Gasteiger partial charge in [-0.15, -0.1) is 0 Å². The molecule has 0 radical (unpaired) electrons. The summed E-state index contributed by atoms with van der Waals surface area (Å²) in [5.41, 5.74) is 3.84. The van der Waals surface area contributed by atoms with Gasteiger partial charge in [-0.1, -0.05) is 23.7 Å². The number of hydrogen-bond donors (Lipinski definition) is 2. The van der Waals surface area contributed by atoms with Crippen molar-refractivity contribution in [3.63, 3.8) is 0 Å². The van der Waals surface area contributed by atoms with E-state index in [9.17, 15) is 14.9 Å². The van der Waals surface area contributed by atoms with E-state index in [2.05, 4.69) is 15.5 Å². The molecule has 0 bridgehead atoms. The largest absolute Gasteiger partial charge is 0.487 e. The summed E-state index contributed by atoms with van der Waals surface area (Å²) in [6, 6.07) is 14.2. The third-order valence-corrected chi connectivity index (χ3v) is 4.19. The number of hydrazone groups is 1. The van der Waals surface area contributed by atoms with Crippen LogP contribution in [0.4, 0.5) is 11.5 Å². The number of halogens is 1. The van der Waals surface area contributed by atoms with E-state index in [1.807, 2.05) is 0 Å². The Labute approximate surface area is 175 Å². The number of hydrogen-bond acceptors (Lipinski definition) is 7. The number of anilines is 1. The minimum Gasteiger partial charge on any atom is -0.487 e. The lowest BCUT2D eigenvalue weighted by Crippen LogP contribution is -2.01. The third kappa shape index (κ3) is 5.30. The molecule has 2 N–H and O–H groups in total. The van der Waals surface area contributed by atoms with E-state index in [0.717, 1.165) is 0 Å². The number of carbonyl (C=O) groups is 1. The van der Waals surface area contributed by atoms with Gasteiger partial charge in [-0.25, -0.2) is 9.78 Å². The van der Waals surface area contributed by atoms with Gasteiger partial charge < -0.3 is 9.84 Å². The number of rotatable bonds is 8. The van der Waals surface area contributed by atoms with Crippen molar-refractivity contribution in [1.82, 2.24) is 4.98 Å². The van der Waals surface area contributed by atoms with Gasteiger partial charge in [0.25, 0.3) is 0 Å². The Kier molecular flexibility index (Phi) is 6.56. The zero-order valence-electron chi connectivity index (χ0n) is 15.4. The van der Waals surface area contributed by atoms with E-state index < -0.39 is 10.9 Å². The maximum atomic E-state index is 11.0. The van der Waals surface area contributed by atoms with Crippen molar-refractivity contribution in [2.75, 3.05) is 5.43 Å². The topological polar surface area (TPSA) is 127 Å². The Bertz CT molecular complexity index is 1120. The van der Waals surface area contributed by atoms with Gasteiger partial charge in [0.2, 0.25) is 5.82 Å². The fourth-order valence-electron chi connectivity index (χ4n) is 2.47. The third-order valence-electron chi connectivity index (χ3n) is 3.89. The second kappa shape index (κ2) is 9.48. The van der Waals surface area contributed by atoms with Gasteiger partial charge in [0.05, 0.1) is 21.7 Å². The fourth-order valence-corrected chi connectivity index (χ4v) is 2.71. The van der Waals surface area contributed by atoms with Crippen LogP contribution in [0.2, 0.25) is 5.02 Å². The zero-order valence-corrected chi connectivity index (χ0v) is 16.1. The number of benzene rings is 2. The summed E-state index contributed by atoms with van der Waals surface area (Å²) in [6.45, 7) is 0.152. The molecular weight excluding hydrogens is 412 g/mol. The molecule has 0 saturated carbocycles. The van der Waals surface area contributed by atoms with Gasteiger partial charge in [0.15, 0.2) is 0 Å². The number of nitrogens with one attached hydrogen (secondary N) is 1. The van der Waals surface area contributed by atoms with Crippen LogP contribution in [0.1, 0.15) is 21.5 Å². The van der Waals surface area contributed by atoms with Crippen LogP contribution in [-0.2, 0) is 6.61 Å². The first kappa shape index (κ1) is 20.7. The first-order chi connectivity index (χ1) is 14.4. The smallest absolute Gasteiger partial charge is 0.335 e. The molecule has 10 heteroatoms. The fraction of sp³-hybridized carbons (Fsp3) is 0.0500. The van der Waals surface area contributed by atoms with E-state index in [4.69, 9.17) is 21.4 Å². The molecule has 0 aliphatic carbocycles. The number of nitrogens with zero attached hydrogens (tertiary/aromatic N) is 3. The monoisotopic (exact) mass is 426 g/mol. The predicted octanol–water partition coefficient (Wildman–Crippen LogP) is 4.37. The van der Waals surface area contributed by atoms with Crippen LogP contribution in [0.15, 0.2) is 65.9 Å². The summed E-state index contributed by atoms with van der Waals surface area (Å²) in [6.07, 6.45) is 2.85. The van der Waals surface area contributed by atoms with Crippen molar-refractivity contribution in [2.24, 2.45) is 5.10 Å². The molecule has 0 fully saturated rings. The number of ether oxygens (including phenoxy) is 1. The molecule has 3 rings (SSSR count). The normalized spacial score (nSPS) is 10.7. The van der Waals surface area contributed by atoms with E-state index in [-0.39, 0.29) is 23.7 Å². The lowest BCUT2D eigenvalue weighted by molar-refractivity contribution is -0.384. The minimum absolute atomic E-state index is 0.0217. The van der Waals surface area contributed by atoms with E-state index >= 15 is 0 Å². The van der Waals surface area contributed by atoms with Gasteiger partial charge in [-0.3, -0.25) is 15.5 Å². The molecule has 0 aliphatic heterocycles. The Hall–Kier alpha value is -3.98. The number of pyridine rings is 1. The highest BCUT2D eigenvalue weighted by Gasteiger charge is 2.13. The average Bonchev–Trinajstić information content (AvgIpc) is 2.73. The highest BCUT2D eigenvalue weighted by Crippen LogP contribution is 2.26. The van der Waals surface area contributed by atoms with Crippen molar-refractivity contribution >= 4 is 35.3 Å². The summed E-state index contributed by atoms with van der Waals surface area (Å²) in [5, 5.41) is 24.3. The standard InChI is InChI=1S/C20H15ClN4O5/c21-16-10-13(11-23-24-19-17(25(28)29)5-2-8-22-19)6-7-18(16)30-12-14-3-1-4-15(9-14)20(26)27/h1-11H,12H2,(H,22,24)(H,26,27)/b23-11-. The number of carboxylic acids is 1. The number of nitro groups is 1. The number of aromatic nitrogens is 1. The minimum atomic E-state index is -1.01. The van der Waals surface area contributed by atoms with E-state index in [1.54, 1.807) is 30.3 Å². The van der Waals surface area contributed by atoms with E-state index in [1.165, 1.54) is 36.7 Å². The summed E-state index contributed by atoms with van der Waals surface area (Å²) < 4.78 is 5.66. The Morgan fingerprint density at radius 3 is 2.83 bits per heavy atom. The molecule has 0 unspecified atom stereocenters. The number of aromatic carboxylic acids is 1. The van der Waals surface area contributed by atoms with Crippen LogP contribution in [0.25, 0.3) is 0 Å². The zero-order chi connectivity index (χ0) is 21.5. The van der Waals surface area contributed by atoms with Crippen LogP contribution >= 0.6 is 11.6 Å². The van der Waals surface area contributed by atoms with Crippen molar-refractivity contribution in [3.05, 3.63) is 92.6 Å². The maximum Gasteiger partial charge on any atom is 0.335 e. The Morgan fingerprint density at radius 1 is 1.27 bits per heavy atom. The molecule has 1 aromatic heterocycles. The quantitative estimate of drug-likeness (QED) is 0.311. The lowest BCUT2D eigenvalue weighted by Gasteiger charge is -2.09. The van der Waals surface area contributed by atoms with Crippen LogP contribution in [0.3, 0.4) is 0 Å². The molecule has 0 saturated heterocycles. The SMILES string of the molecule is O=C(O)c1cccc(COc2ccc(/C=N\Nc3ncccc3[N+](=O)[O-])cc2Cl)c1. The van der Waals surface area contributed by atoms with E-state index in [0.29, 0.717) is 21.9 Å². The van der Waals surface area contributed by atoms with Crippen molar-refractivity contribution in [1.29, 1.82) is 0 Å². The van der Waals surface area contributed by atoms with Gasteiger partial charge in [0.1, 0.15) is 12.4 Å². The Morgan fingerprint density at radius 2 is 2.10 bits per heavy atom. The molecule has 0 spiro atoms. The molecule has 3 aromatic rings. The predicted molar refractivity (Wildman–Crippen MR) is 111 cm³/mol. The second-order valence-electron chi connectivity index (χ2n) is 5.98. The molecule has 0 amide bonds. The first-order valence-electron chi connectivity index (χ1n) is 8.57. The van der Waals surface area contributed by atoms with Crippen molar-refractivity contribution in [3.8, 4) is 5.75 Å². The first-order valence-corrected chi connectivity index (χ1v) is 8.95. The summed E-state index contributed by atoms with van der Waals surface area (Å²) in [5.74, 6) is -0.570. The molecule has 0 aliphatic rings. The van der Waals surface area contributed by atoms with Crippen LogP contribution in [-0.4, -0.2) is 27.2 Å². The Balaban J connectivity index is 1.64. The van der Waals surface area contributed by atoms with Gasteiger partial charge in [0, 0.05) is 12.3 Å². The van der Waals surface area contributed by atoms with Crippen molar-refractivity contribution < 1.29 is 19.6 Å². The van der Waals surface area contributed by atoms with Gasteiger partial charge in [-0.2, -0.15) is 5.10 Å². The van der Waals surface area contributed by atoms with Crippen LogP contribution in [0.5, 0.6) is 5.75 Å².